The monoisotopic (exact) mass is 312 g/mol. The summed E-state index contributed by atoms with van der Waals surface area (Å²) in [5, 5.41) is 11.6. The number of nitrogens with zero attached hydrogens (tertiary/aromatic N) is 2. The van der Waals surface area contributed by atoms with Crippen molar-refractivity contribution in [2.45, 2.75) is 19.9 Å². The van der Waals surface area contributed by atoms with Crippen LogP contribution in [0.1, 0.15) is 11.3 Å². The Labute approximate surface area is 137 Å². The largest absolute Gasteiger partial charge is 0.493 e. The number of para-hydroxylation sites is 1. The highest BCUT2D eigenvalue weighted by Crippen LogP contribution is 2.26. The van der Waals surface area contributed by atoms with E-state index in [2.05, 4.69) is 44.7 Å². The van der Waals surface area contributed by atoms with E-state index in [1.54, 1.807) is 0 Å². The number of aromatic nitrogens is 2. The van der Waals surface area contributed by atoms with Crippen LogP contribution in [0.25, 0.3) is 0 Å². The lowest BCUT2D eigenvalue weighted by Crippen LogP contribution is -2.38. The average molecular weight is 312 g/mol. The molecule has 5 nitrogen and oxygen atoms in total. The predicted molar refractivity (Wildman–Crippen MR) is 90.9 cm³/mol. The molecule has 2 aliphatic heterocycles. The van der Waals surface area contributed by atoms with Crippen molar-refractivity contribution in [1.82, 2.24) is 15.1 Å². The molecule has 0 bridgehead atoms. The molecule has 2 aliphatic rings. The molecule has 0 saturated carbocycles. The first kappa shape index (κ1) is 14.6. The van der Waals surface area contributed by atoms with E-state index in [-0.39, 0.29) is 0 Å². The fourth-order valence-electron chi connectivity index (χ4n) is 3.54. The molecule has 2 unspecified atom stereocenters. The van der Waals surface area contributed by atoms with Crippen molar-refractivity contribution in [1.29, 1.82) is 0 Å². The summed E-state index contributed by atoms with van der Waals surface area (Å²) in [4.78, 5) is 0. The van der Waals surface area contributed by atoms with Gasteiger partial charge < -0.3 is 15.4 Å². The molecule has 5 heteroatoms. The highest BCUT2D eigenvalue weighted by Gasteiger charge is 2.21. The van der Waals surface area contributed by atoms with Gasteiger partial charge in [-0.25, -0.2) is 4.68 Å². The number of anilines is 1. The van der Waals surface area contributed by atoms with Gasteiger partial charge in [-0.15, -0.1) is 0 Å². The first-order chi connectivity index (χ1) is 11.3. The lowest BCUT2D eigenvalue weighted by atomic mass is 9.96. The molecular weight excluding hydrogens is 288 g/mol. The van der Waals surface area contributed by atoms with Crippen molar-refractivity contribution in [3.8, 4) is 5.75 Å². The van der Waals surface area contributed by atoms with Gasteiger partial charge in [-0.2, -0.15) is 5.10 Å². The van der Waals surface area contributed by atoms with Crippen molar-refractivity contribution in [2.24, 2.45) is 11.8 Å². The van der Waals surface area contributed by atoms with Gasteiger partial charge in [0.05, 0.1) is 12.3 Å². The van der Waals surface area contributed by atoms with Crippen molar-refractivity contribution in [3.63, 3.8) is 0 Å². The Morgan fingerprint density at radius 1 is 1.30 bits per heavy atom. The summed E-state index contributed by atoms with van der Waals surface area (Å²) in [7, 11) is 0. The fraction of sp³-hybridized carbons (Fsp3) is 0.500. The molecule has 1 aromatic carbocycles. The normalized spacial score (nSPS) is 22.7. The summed E-state index contributed by atoms with van der Waals surface area (Å²) in [6, 6.07) is 10.5. The molecule has 0 aliphatic carbocycles. The van der Waals surface area contributed by atoms with E-state index in [9.17, 15) is 0 Å². The van der Waals surface area contributed by atoms with Crippen molar-refractivity contribution in [2.75, 3.05) is 31.6 Å². The third-order valence-corrected chi connectivity index (χ3v) is 4.73. The predicted octanol–water partition coefficient (Wildman–Crippen LogP) is 2.07. The number of fused-ring (bicyclic) bond motifs is 2. The van der Waals surface area contributed by atoms with E-state index >= 15 is 0 Å². The quantitative estimate of drug-likeness (QED) is 0.907. The van der Waals surface area contributed by atoms with E-state index in [1.165, 1.54) is 5.56 Å². The topological polar surface area (TPSA) is 51.1 Å². The maximum absolute atomic E-state index is 5.86. The summed E-state index contributed by atoms with van der Waals surface area (Å²) in [5.74, 6) is 3.35. The molecule has 3 heterocycles. The summed E-state index contributed by atoms with van der Waals surface area (Å²) >= 11 is 0. The average Bonchev–Trinajstić information content (AvgIpc) is 2.94. The molecule has 0 amide bonds. The minimum absolute atomic E-state index is 0.559. The number of hydrogen-bond donors (Lipinski definition) is 2. The lowest BCUT2D eigenvalue weighted by molar-refractivity contribution is 0.215. The van der Waals surface area contributed by atoms with Gasteiger partial charge in [0, 0.05) is 44.1 Å². The van der Waals surface area contributed by atoms with Crippen LogP contribution < -0.4 is 15.4 Å². The molecule has 122 valence electrons. The van der Waals surface area contributed by atoms with Crippen LogP contribution in [0.5, 0.6) is 5.75 Å². The van der Waals surface area contributed by atoms with Gasteiger partial charge in [-0.05, 0) is 25.0 Å². The lowest BCUT2D eigenvalue weighted by Gasteiger charge is -2.28. The number of nitrogens with one attached hydrogen (secondary N) is 2. The Balaban J connectivity index is 1.25. The van der Waals surface area contributed by atoms with E-state index < -0.39 is 0 Å². The highest BCUT2D eigenvalue weighted by atomic mass is 16.5. The van der Waals surface area contributed by atoms with Gasteiger partial charge in [0.25, 0.3) is 0 Å². The Kier molecular flexibility index (Phi) is 3.95. The number of hydrogen-bond acceptors (Lipinski definition) is 4. The Morgan fingerprint density at radius 3 is 3.13 bits per heavy atom. The smallest absolute Gasteiger partial charge is 0.124 e. The van der Waals surface area contributed by atoms with Crippen LogP contribution in [0.2, 0.25) is 0 Å². The standard InChI is InChI=1S/C18H24N4O/c1-13-6-18-20-10-15(11-22(18)21-13)9-19-8-14-7-16-4-2-3-5-17(16)23-12-14/h2-6,14-15,19-20H,7-12H2,1H3. The van der Waals surface area contributed by atoms with Gasteiger partial charge in [-0.1, -0.05) is 18.2 Å². The molecule has 2 aromatic rings. The van der Waals surface area contributed by atoms with Crippen LogP contribution in [0.4, 0.5) is 5.82 Å². The van der Waals surface area contributed by atoms with Gasteiger partial charge >= 0.3 is 0 Å². The van der Waals surface area contributed by atoms with Crippen molar-refractivity contribution < 1.29 is 4.74 Å². The van der Waals surface area contributed by atoms with Gasteiger partial charge in [0.1, 0.15) is 11.6 Å². The summed E-state index contributed by atoms with van der Waals surface area (Å²) in [6.45, 7) is 6.89. The zero-order chi connectivity index (χ0) is 15.6. The van der Waals surface area contributed by atoms with Gasteiger partial charge in [-0.3, -0.25) is 0 Å². The Bertz CT molecular complexity index is 681. The summed E-state index contributed by atoms with van der Waals surface area (Å²) in [6.07, 6.45) is 1.11. The molecule has 0 saturated heterocycles. The summed E-state index contributed by atoms with van der Waals surface area (Å²) < 4.78 is 7.95. The second-order valence-corrected chi connectivity index (χ2v) is 6.75. The fourth-order valence-corrected chi connectivity index (χ4v) is 3.54. The molecule has 1 aromatic heterocycles. The van der Waals surface area contributed by atoms with E-state index in [0.29, 0.717) is 11.8 Å². The molecule has 0 fully saturated rings. The number of rotatable bonds is 4. The van der Waals surface area contributed by atoms with Crippen LogP contribution >= 0.6 is 0 Å². The van der Waals surface area contributed by atoms with E-state index in [1.807, 2.05) is 13.0 Å². The second-order valence-electron chi connectivity index (χ2n) is 6.75. The first-order valence-corrected chi connectivity index (χ1v) is 8.47. The molecule has 23 heavy (non-hydrogen) atoms. The van der Waals surface area contributed by atoms with Crippen molar-refractivity contribution in [3.05, 3.63) is 41.6 Å². The highest BCUT2D eigenvalue weighted by molar-refractivity contribution is 5.38. The Morgan fingerprint density at radius 2 is 2.17 bits per heavy atom. The minimum atomic E-state index is 0.559. The number of benzene rings is 1. The van der Waals surface area contributed by atoms with Gasteiger partial charge in [0.2, 0.25) is 0 Å². The zero-order valence-corrected chi connectivity index (χ0v) is 13.6. The molecular formula is C18H24N4O. The molecule has 2 N–H and O–H groups in total. The van der Waals surface area contributed by atoms with Crippen molar-refractivity contribution >= 4 is 5.82 Å². The van der Waals surface area contributed by atoms with E-state index in [0.717, 1.165) is 56.5 Å². The van der Waals surface area contributed by atoms with Crippen LogP contribution in [0.3, 0.4) is 0 Å². The maximum atomic E-state index is 5.86. The second kappa shape index (κ2) is 6.24. The van der Waals surface area contributed by atoms with Gasteiger partial charge in [0.15, 0.2) is 0 Å². The zero-order valence-electron chi connectivity index (χ0n) is 13.6. The number of ether oxygens (including phenoxy) is 1. The maximum Gasteiger partial charge on any atom is 0.124 e. The number of aryl methyl sites for hydroxylation is 1. The SMILES string of the molecule is Cc1cc2n(n1)CC(CNCC1COc3ccccc3C1)CN2. The first-order valence-electron chi connectivity index (χ1n) is 8.47. The molecule has 2 atom stereocenters. The molecule has 0 spiro atoms. The third kappa shape index (κ3) is 3.20. The molecule has 4 rings (SSSR count). The Hall–Kier alpha value is -2.01. The van der Waals surface area contributed by atoms with Crippen LogP contribution in [0.15, 0.2) is 30.3 Å². The summed E-state index contributed by atoms with van der Waals surface area (Å²) in [5.41, 5.74) is 2.42. The third-order valence-electron chi connectivity index (χ3n) is 4.73. The van der Waals surface area contributed by atoms with E-state index in [4.69, 9.17) is 4.74 Å². The minimum Gasteiger partial charge on any atom is -0.493 e. The van der Waals surface area contributed by atoms with Crippen LogP contribution in [0, 0.1) is 18.8 Å². The van der Waals surface area contributed by atoms with Crippen LogP contribution in [-0.2, 0) is 13.0 Å². The van der Waals surface area contributed by atoms with Crippen LogP contribution in [-0.4, -0.2) is 36.0 Å². The molecule has 0 radical (unpaired) electrons.